The summed E-state index contributed by atoms with van der Waals surface area (Å²) in [7, 11) is 0. The molecule has 1 aliphatic carbocycles. The van der Waals surface area contributed by atoms with Gasteiger partial charge in [-0.2, -0.15) is 4.98 Å². The molecule has 4 rings (SSSR count). The lowest BCUT2D eigenvalue weighted by Crippen LogP contribution is -2.06. The number of nitrogens with one attached hydrogen (secondary N) is 1. The van der Waals surface area contributed by atoms with Gasteiger partial charge in [0.1, 0.15) is 15.8 Å². The quantitative estimate of drug-likeness (QED) is 0.601. The summed E-state index contributed by atoms with van der Waals surface area (Å²) in [5, 5.41) is 13.2. The third kappa shape index (κ3) is 4.70. The van der Waals surface area contributed by atoms with Crippen LogP contribution in [0.2, 0.25) is 5.28 Å². The van der Waals surface area contributed by atoms with Crippen LogP contribution in [0.15, 0.2) is 24.4 Å². The molecule has 0 unspecified atom stereocenters. The Balaban J connectivity index is 1.32. The van der Waals surface area contributed by atoms with Crippen molar-refractivity contribution in [2.75, 3.05) is 11.9 Å². The highest BCUT2D eigenvalue weighted by atomic mass is 35.5. The van der Waals surface area contributed by atoms with Gasteiger partial charge in [0.2, 0.25) is 11.2 Å². The molecule has 1 fully saturated rings. The number of aromatic nitrogens is 5. The first kappa shape index (κ1) is 18.1. The SMILES string of the molecule is Cc1ccc([C@H]2C[C@@H]2COc2cc(NCc3nnc(C)s3)nc(Cl)n2)nc1. The van der Waals surface area contributed by atoms with Gasteiger partial charge >= 0.3 is 0 Å². The van der Waals surface area contributed by atoms with Crippen LogP contribution in [-0.4, -0.2) is 31.8 Å². The van der Waals surface area contributed by atoms with Crippen molar-refractivity contribution in [2.45, 2.75) is 32.7 Å². The van der Waals surface area contributed by atoms with Crippen LogP contribution in [0, 0.1) is 19.8 Å². The first-order valence-corrected chi connectivity index (χ1v) is 9.89. The minimum absolute atomic E-state index is 0.149. The van der Waals surface area contributed by atoms with Crippen molar-refractivity contribution in [2.24, 2.45) is 5.92 Å². The highest BCUT2D eigenvalue weighted by molar-refractivity contribution is 7.11. The van der Waals surface area contributed by atoms with Crippen LogP contribution in [0.3, 0.4) is 0 Å². The molecule has 3 heterocycles. The maximum Gasteiger partial charge on any atom is 0.227 e. The topological polar surface area (TPSA) is 85.7 Å². The Bertz CT molecular complexity index is 932. The molecule has 0 amide bonds. The number of anilines is 1. The Labute approximate surface area is 166 Å². The fraction of sp³-hybridized carbons (Fsp3) is 0.389. The molecule has 27 heavy (non-hydrogen) atoms. The maximum absolute atomic E-state index is 6.03. The summed E-state index contributed by atoms with van der Waals surface area (Å²) in [5.41, 5.74) is 2.30. The molecule has 1 aliphatic rings. The monoisotopic (exact) mass is 402 g/mol. The lowest BCUT2D eigenvalue weighted by Gasteiger charge is -2.08. The molecule has 3 aromatic heterocycles. The number of rotatable bonds is 7. The lowest BCUT2D eigenvalue weighted by molar-refractivity contribution is 0.285. The number of ether oxygens (including phenoxy) is 1. The summed E-state index contributed by atoms with van der Waals surface area (Å²) < 4.78 is 5.85. The van der Waals surface area contributed by atoms with Crippen molar-refractivity contribution in [1.29, 1.82) is 0 Å². The highest BCUT2D eigenvalue weighted by Crippen LogP contribution is 2.46. The van der Waals surface area contributed by atoms with Gasteiger partial charge in [0.15, 0.2) is 0 Å². The molecule has 0 bridgehead atoms. The molecule has 0 aliphatic heterocycles. The molecular weight excluding hydrogens is 384 g/mol. The average molecular weight is 403 g/mol. The Kier molecular flexibility index (Phi) is 5.18. The zero-order valence-corrected chi connectivity index (χ0v) is 16.6. The normalized spacial score (nSPS) is 18.3. The van der Waals surface area contributed by atoms with E-state index in [2.05, 4.69) is 42.6 Å². The van der Waals surface area contributed by atoms with Crippen LogP contribution in [0.5, 0.6) is 5.88 Å². The first-order chi connectivity index (χ1) is 13.1. The van der Waals surface area contributed by atoms with E-state index in [1.54, 1.807) is 6.07 Å². The molecule has 0 spiro atoms. The van der Waals surface area contributed by atoms with E-state index in [-0.39, 0.29) is 5.28 Å². The number of nitrogens with zero attached hydrogens (tertiary/aromatic N) is 5. The van der Waals surface area contributed by atoms with Gasteiger partial charge in [0, 0.05) is 29.8 Å². The minimum atomic E-state index is 0.149. The van der Waals surface area contributed by atoms with Gasteiger partial charge in [-0.1, -0.05) is 17.4 Å². The van der Waals surface area contributed by atoms with E-state index in [4.69, 9.17) is 16.3 Å². The van der Waals surface area contributed by atoms with E-state index >= 15 is 0 Å². The van der Waals surface area contributed by atoms with Crippen LogP contribution >= 0.6 is 22.9 Å². The molecule has 0 aromatic carbocycles. The van der Waals surface area contributed by atoms with E-state index in [1.807, 2.05) is 20.0 Å². The van der Waals surface area contributed by atoms with E-state index < -0.39 is 0 Å². The van der Waals surface area contributed by atoms with Gasteiger partial charge < -0.3 is 10.1 Å². The number of aryl methyl sites for hydroxylation is 2. The Morgan fingerprint density at radius 3 is 2.89 bits per heavy atom. The molecule has 9 heteroatoms. The third-order valence-electron chi connectivity index (χ3n) is 4.35. The molecule has 0 radical (unpaired) electrons. The number of pyridine rings is 1. The van der Waals surface area contributed by atoms with Crippen LogP contribution in [0.25, 0.3) is 0 Å². The zero-order valence-electron chi connectivity index (χ0n) is 15.0. The smallest absolute Gasteiger partial charge is 0.227 e. The van der Waals surface area contributed by atoms with E-state index in [0.29, 0.717) is 36.7 Å². The molecule has 1 N–H and O–H groups in total. The average Bonchev–Trinajstić information content (AvgIpc) is 3.30. The Hall–Kier alpha value is -2.32. The van der Waals surface area contributed by atoms with E-state index in [0.717, 1.165) is 22.1 Å². The van der Waals surface area contributed by atoms with Gasteiger partial charge in [0.05, 0.1) is 13.2 Å². The predicted octanol–water partition coefficient (Wildman–Crippen LogP) is 3.79. The van der Waals surface area contributed by atoms with Crippen molar-refractivity contribution in [3.63, 3.8) is 0 Å². The Morgan fingerprint density at radius 1 is 1.26 bits per heavy atom. The first-order valence-electron chi connectivity index (χ1n) is 8.69. The largest absolute Gasteiger partial charge is 0.477 e. The summed E-state index contributed by atoms with van der Waals surface area (Å²) in [6.07, 6.45) is 2.99. The molecule has 2 atom stereocenters. The number of hydrogen-bond acceptors (Lipinski definition) is 8. The standard InChI is InChI=1S/C18H19ClN6OS/c1-10-3-4-14(20-7-10)13-5-12(13)9-26-16-6-15(22-18(19)23-16)21-8-17-25-24-11(2)27-17/h3-4,6-7,12-13H,5,8-9H2,1-2H3,(H,21,22,23)/t12-,13+/m1/s1. The number of hydrogen-bond donors (Lipinski definition) is 1. The second-order valence-corrected chi connectivity index (χ2v) is 8.21. The van der Waals surface area contributed by atoms with Crippen molar-refractivity contribution in [3.05, 3.63) is 51.0 Å². The van der Waals surface area contributed by atoms with E-state index in [1.165, 1.54) is 16.9 Å². The van der Waals surface area contributed by atoms with Crippen LogP contribution < -0.4 is 10.1 Å². The third-order valence-corrected chi connectivity index (χ3v) is 5.35. The van der Waals surface area contributed by atoms with Gasteiger partial charge in [-0.15, -0.1) is 10.2 Å². The second-order valence-electron chi connectivity index (χ2n) is 6.60. The molecule has 1 saturated carbocycles. The number of halogens is 1. The molecule has 3 aromatic rings. The fourth-order valence-electron chi connectivity index (χ4n) is 2.82. The molecule has 140 valence electrons. The van der Waals surface area contributed by atoms with Gasteiger partial charge in [-0.25, -0.2) is 4.98 Å². The highest BCUT2D eigenvalue weighted by Gasteiger charge is 2.40. The van der Waals surface area contributed by atoms with Crippen molar-refractivity contribution >= 4 is 28.8 Å². The van der Waals surface area contributed by atoms with Crippen LogP contribution in [0.4, 0.5) is 5.82 Å². The zero-order chi connectivity index (χ0) is 18.8. The predicted molar refractivity (Wildman–Crippen MR) is 104 cm³/mol. The van der Waals surface area contributed by atoms with Crippen LogP contribution in [-0.2, 0) is 6.54 Å². The summed E-state index contributed by atoms with van der Waals surface area (Å²) >= 11 is 7.57. The van der Waals surface area contributed by atoms with Crippen molar-refractivity contribution < 1.29 is 4.74 Å². The van der Waals surface area contributed by atoms with Gasteiger partial charge in [-0.3, -0.25) is 4.98 Å². The lowest BCUT2D eigenvalue weighted by atomic mass is 10.2. The van der Waals surface area contributed by atoms with E-state index in [9.17, 15) is 0 Å². The fourth-order valence-corrected chi connectivity index (χ4v) is 3.64. The molecule has 0 saturated heterocycles. The summed E-state index contributed by atoms with van der Waals surface area (Å²) in [6.45, 7) is 5.08. The van der Waals surface area contributed by atoms with Gasteiger partial charge in [-0.05, 0) is 43.5 Å². The van der Waals surface area contributed by atoms with Crippen molar-refractivity contribution in [3.8, 4) is 5.88 Å². The minimum Gasteiger partial charge on any atom is -0.477 e. The van der Waals surface area contributed by atoms with Crippen LogP contribution in [0.1, 0.15) is 33.6 Å². The summed E-state index contributed by atoms with van der Waals surface area (Å²) in [5.74, 6) is 1.98. The summed E-state index contributed by atoms with van der Waals surface area (Å²) in [4.78, 5) is 12.8. The Morgan fingerprint density at radius 2 is 2.15 bits per heavy atom. The molecule has 7 nitrogen and oxygen atoms in total. The molecular formula is C18H19ClN6OS. The van der Waals surface area contributed by atoms with Crippen molar-refractivity contribution in [1.82, 2.24) is 25.1 Å². The second kappa shape index (κ2) is 7.74. The van der Waals surface area contributed by atoms with Gasteiger partial charge in [0.25, 0.3) is 0 Å². The summed E-state index contributed by atoms with van der Waals surface area (Å²) in [6, 6.07) is 5.94. The maximum atomic E-state index is 6.03.